The van der Waals surface area contributed by atoms with Gasteiger partial charge in [-0.1, -0.05) is 6.07 Å². The van der Waals surface area contributed by atoms with Crippen LogP contribution < -0.4 is 19.9 Å². The number of likely N-dealkylation sites (N-methyl/N-ethyl adjacent to an activating group) is 1. The molecule has 2 aromatic carbocycles. The standard InChI is InChI=1S/C20H19N3O4/c1-22-16-5-2-4-15(19(16)27-12-18(22)25)21-20(26)13-7-9-14(10-8-13)23-11-3-6-17(23)24/h2,4-5,7-10H,3,6,11-12H2,1H3,(H,21,26). The molecule has 0 aliphatic carbocycles. The highest BCUT2D eigenvalue weighted by Gasteiger charge is 2.25. The van der Waals surface area contributed by atoms with Crippen molar-refractivity contribution in [3.63, 3.8) is 0 Å². The van der Waals surface area contributed by atoms with Crippen molar-refractivity contribution in [2.24, 2.45) is 0 Å². The minimum Gasteiger partial charge on any atom is -0.479 e. The molecule has 2 aliphatic heterocycles. The maximum absolute atomic E-state index is 12.6. The average molecular weight is 365 g/mol. The summed E-state index contributed by atoms with van der Waals surface area (Å²) in [6.45, 7) is 0.652. The molecule has 1 fully saturated rings. The van der Waals surface area contributed by atoms with E-state index in [1.165, 1.54) is 4.90 Å². The lowest BCUT2D eigenvalue weighted by molar-refractivity contribution is -0.121. The third-order valence-electron chi connectivity index (χ3n) is 4.83. The zero-order valence-electron chi connectivity index (χ0n) is 14.9. The summed E-state index contributed by atoms with van der Waals surface area (Å²) in [5.74, 6) is 0.162. The molecule has 2 aliphatic rings. The molecule has 0 aromatic heterocycles. The second kappa shape index (κ2) is 6.75. The highest BCUT2D eigenvalue weighted by atomic mass is 16.5. The van der Waals surface area contributed by atoms with Crippen LogP contribution in [0.25, 0.3) is 0 Å². The molecule has 0 radical (unpaired) electrons. The van der Waals surface area contributed by atoms with Gasteiger partial charge in [0.05, 0.1) is 11.4 Å². The molecule has 7 heteroatoms. The SMILES string of the molecule is CN1C(=O)COc2c(NC(=O)c3ccc(N4CCCC4=O)cc3)cccc21. The van der Waals surface area contributed by atoms with Crippen LogP contribution in [0, 0.1) is 0 Å². The second-order valence-corrected chi connectivity index (χ2v) is 6.55. The Kier molecular flexibility index (Phi) is 4.27. The summed E-state index contributed by atoms with van der Waals surface area (Å²) < 4.78 is 5.52. The first-order chi connectivity index (χ1) is 13.0. The van der Waals surface area contributed by atoms with Crippen LogP contribution in [0.5, 0.6) is 5.75 Å². The smallest absolute Gasteiger partial charge is 0.264 e. The van der Waals surface area contributed by atoms with Crippen LogP contribution in [-0.2, 0) is 9.59 Å². The maximum atomic E-state index is 12.6. The molecule has 0 unspecified atom stereocenters. The Morgan fingerprint density at radius 1 is 1.07 bits per heavy atom. The number of amides is 3. The Morgan fingerprint density at radius 2 is 1.85 bits per heavy atom. The van der Waals surface area contributed by atoms with Crippen LogP contribution in [-0.4, -0.2) is 37.9 Å². The molecule has 27 heavy (non-hydrogen) atoms. The fourth-order valence-corrected chi connectivity index (χ4v) is 3.31. The number of para-hydroxylation sites is 1. The molecular weight excluding hydrogens is 346 g/mol. The normalized spacial score (nSPS) is 16.2. The van der Waals surface area contributed by atoms with E-state index in [4.69, 9.17) is 4.74 Å². The van der Waals surface area contributed by atoms with Crippen molar-refractivity contribution in [2.75, 3.05) is 35.3 Å². The second-order valence-electron chi connectivity index (χ2n) is 6.55. The van der Waals surface area contributed by atoms with Gasteiger partial charge < -0.3 is 19.9 Å². The molecule has 138 valence electrons. The minimum absolute atomic E-state index is 0.0606. The Labute approximate surface area is 156 Å². The summed E-state index contributed by atoms with van der Waals surface area (Å²) in [5.41, 5.74) is 2.40. The number of carbonyl (C=O) groups is 3. The Bertz CT molecular complexity index is 923. The van der Waals surface area contributed by atoms with Gasteiger partial charge in [0.1, 0.15) is 0 Å². The largest absolute Gasteiger partial charge is 0.479 e. The van der Waals surface area contributed by atoms with E-state index in [1.54, 1.807) is 54.4 Å². The van der Waals surface area contributed by atoms with Gasteiger partial charge in [0.2, 0.25) is 5.91 Å². The fraction of sp³-hybridized carbons (Fsp3) is 0.250. The number of anilines is 3. The van der Waals surface area contributed by atoms with E-state index >= 15 is 0 Å². The van der Waals surface area contributed by atoms with Gasteiger partial charge in [-0.15, -0.1) is 0 Å². The van der Waals surface area contributed by atoms with Gasteiger partial charge in [0.15, 0.2) is 12.4 Å². The number of ether oxygens (including phenoxy) is 1. The molecule has 0 bridgehead atoms. The molecule has 4 rings (SSSR count). The quantitative estimate of drug-likeness (QED) is 0.906. The van der Waals surface area contributed by atoms with Crippen molar-refractivity contribution in [3.05, 3.63) is 48.0 Å². The molecular formula is C20H19N3O4. The lowest BCUT2D eigenvalue weighted by Crippen LogP contribution is -2.35. The average Bonchev–Trinajstić information content (AvgIpc) is 3.11. The number of hydrogen-bond donors (Lipinski definition) is 1. The van der Waals surface area contributed by atoms with Crippen molar-refractivity contribution in [3.8, 4) is 5.75 Å². The molecule has 7 nitrogen and oxygen atoms in total. The molecule has 1 saturated heterocycles. The summed E-state index contributed by atoms with van der Waals surface area (Å²) in [4.78, 5) is 39.4. The predicted octanol–water partition coefficient (Wildman–Crippen LogP) is 2.42. The van der Waals surface area contributed by atoms with Gasteiger partial charge in [-0.3, -0.25) is 14.4 Å². The Balaban J connectivity index is 1.53. The van der Waals surface area contributed by atoms with Crippen LogP contribution in [0.4, 0.5) is 17.1 Å². The first kappa shape index (κ1) is 17.1. The Morgan fingerprint density at radius 3 is 2.56 bits per heavy atom. The number of benzene rings is 2. The van der Waals surface area contributed by atoms with E-state index in [0.29, 0.717) is 35.7 Å². The summed E-state index contributed by atoms with van der Waals surface area (Å²) in [7, 11) is 1.67. The number of rotatable bonds is 3. The first-order valence-electron chi connectivity index (χ1n) is 8.79. The zero-order chi connectivity index (χ0) is 19.0. The van der Waals surface area contributed by atoms with Crippen LogP contribution in [0.2, 0.25) is 0 Å². The van der Waals surface area contributed by atoms with E-state index in [0.717, 1.165) is 12.1 Å². The molecule has 2 aromatic rings. The number of hydrogen-bond acceptors (Lipinski definition) is 4. The highest BCUT2D eigenvalue weighted by Crippen LogP contribution is 2.38. The van der Waals surface area contributed by atoms with Gasteiger partial charge >= 0.3 is 0 Å². The zero-order valence-corrected chi connectivity index (χ0v) is 14.9. The topological polar surface area (TPSA) is 79.0 Å². The summed E-state index contributed by atoms with van der Waals surface area (Å²) in [5, 5.41) is 2.84. The minimum atomic E-state index is -0.286. The van der Waals surface area contributed by atoms with E-state index in [-0.39, 0.29) is 24.3 Å². The molecule has 2 heterocycles. The highest BCUT2D eigenvalue weighted by molar-refractivity contribution is 6.07. The van der Waals surface area contributed by atoms with Gasteiger partial charge in [-0.25, -0.2) is 0 Å². The summed E-state index contributed by atoms with van der Waals surface area (Å²) >= 11 is 0. The number of fused-ring (bicyclic) bond motifs is 1. The van der Waals surface area contributed by atoms with Crippen molar-refractivity contribution < 1.29 is 19.1 Å². The maximum Gasteiger partial charge on any atom is 0.264 e. The third-order valence-corrected chi connectivity index (χ3v) is 4.83. The van der Waals surface area contributed by atoms with Crippen molar-refractivity contribution >= 4 is 34.8 Å². The molecule has 0 spiro atoms. The monoisotopic (exact) mass is 365 g/mol. The molecule has 0 atom stereocenters. The number of carbonyl (C=O) groups excluding carboxylic acids is 3. The number of nitrogens with one attached hydrogen (secondary N) is 1. The summed E-state index contributed by atoms with van der Waals surface area (Å²) in [6.07, 6.45) is 1.43. The van der Waals surface area contributed by atoms with Gasteiger partial charge in [0, 0.05) is 31.3 Å². The van der Waals surface area contributed by atoms with E-state index in [1.807, 2.05) is 0 Å². The summed E-state index contributed by atoms with van der Waals surface area (Å²) in [6, 6.07) is 12.2. The lowest BCUT2D eigenvalue weighted by atomic mass is 10.1. The fourth-order valence-electron chi connectivity index (χ4n) is 3.31. The molecule has 1 N–H and O–H groups in total. The van der Waals surface area contributed by atoms with Crippen molar-refractivity contribution in [1.29, 1.82) is 0 Å². The van der Waals surface area contributed by atoms with Crippen LogP contribution in [0.3, 0.4) is 0 Å². The third kappa shape index (κ3) is 3.12. The van der Waals surface area contributed by atoms with Gasteiger partial charge in [-0.05, 0) is 42.8 Å². The van der Waals surface area contributed by atoms with Crippen LogP contribution in [0.1, 0.15) is 23.2 Å². The van der Waals surface area contributed by atoms with E-state index in [2.05, 4.69) is 5.32 Å². The van der Waals surface area contributed by atoms with Crippen LogP contribution in [0.15, 0.2) is 42.5 Å². The number of nitrogens with zero attached hydrogens (tertiary/aromatic N) is 2. The molecule has 0 saturated carbocycles. The van der Waals surface area contributed by atoms with E-state index in [9.17, 15) is 14.4 Å². The first-order valence-corrected chi connectivity index (χ1v) is 8.79. The van der Waals surface area contributed by atoms with Gasteiger partial charge in [-0.2, -0.15) is 0 Å². The predicted molar refractivity (Wildman–Crippen MR) is 101 cm³/mol. The Hall–Kier alpha value is -3.35. The van der Waals surface area contributed by atoms with Crippen molar-refractivity contribution in [2.45, 2.75) is 12.8 Å². The van der Waals surface area contributed by atoms with Crippen LogP contribution >= 0.6 is 0 Å². The molecule has 3 amide bonds. The van der Waals surface area contributed by atoms with E-state index < -0.39 is 0 Å². The lowest BCUT2D eigenvalue weighted by Gasteiger charge is -2.27. The van der Waals surface area contributed by atoms with Gasteiger partial charge in [0.25, 0.3) is 11.8 Å². The van der Waals surface area contributed by atoms with Crippen molar-refractivity contribution in [1.82, 2.24) is 0 Å².